The maximum atomic E-state index is 13.6. The second-order valence-corrected chi connectivity index (χ2v) is 5.34. The molecule has 2 N–H and O–H groups in total. The Balaban J connectivity index is 3.02. The number of rotatable bonds is 6. The van der Waals surface area contributed by atoms with Crippen LogP contribution in [0.3, 0.4) is 0 Å². The zero-order valence-electron chi connectivity index (χ0n) is 11.3. The van der Waals surface area contributed by atoms with E-state index in [1.54, 1.807) is 13.2 Å². The average molecular weight is 320 g/mol. The van der Waals surface area contributed by atoms with Crippen LogP contribution in [0.25, 0.3) is 0 Å². The highest BCUT2D eigenvalue weighted by atomic mass is 32.2. The number of nitro groups is 1. The van der Waals surface area contributed by atoms with Crippen LogP contribution in [0.5, 0.6) is 0 Å². The van der Waals surface area contributed by atoms with Crippen molar-refractivity contribution in [2.75, 3.05) is 12.9 Å². The first-order valence-electron chi connectivity index (χ1n) is 5.89. The lowest BCUT2D eigenvalue weighted by Crippen LogP contribution is -2.41. The van der Waals surface area contributed by atoms with Gasteiger partial charge in [0, 0.05) is 23.4 Å². The summed E-state index contributed by atoms with van der Waals surface area (Å²) in [4.78, 5) is 21.5. The van der Waals surface area contributed by atoms with E-state index in [4.69, 9.17) is 5.11 Å². The fourth-order valence-corrected chi connectivity index (χ4v) is 2.29. The van der Waals surface area contributed by atoms with E-state index in [0.717, 1.165) is 0 Å². The third-order valence-electron chi connectivity index (χ3n) is 2.88. The van der Waals surface area contributed by atoms with Gasteiger partial charge < -0.3 is 10.4 Å². The number of carbonyl (C=O) groups excluding carboxylic acids is 1. The number of nitrogens with zero attached hydrogens (tertiary/aromatic N) is 1. The van der Waals surface area contributed by atoms with E-state index in [0.29, 0.717) is 12.1 Å². The molecule has 0 spiro atoms. The number of aliphatic hydroxyl groups excluding tert-OH is 1. The summed E-state index contributed by atoms with van der Waals surface area (Å²) in [5.41, 5.74) is -1.59. The van der Waals surface area contributed by atoms with Crippen LogP contribution in [-0.2, 0) is 0 Å². The Morgan fingerprint density at radius 2 is 2.10 bits per heavy atom. The zero-order valence-corrected chi connectivity index (χ0v) is 12.1. The van der Waals surface area contributed by atoms with Crippen LogP contribution in [0.15, 0.2) is 12.1 Å². The summed E-state index contributed by atoms with van der Waals surface area (Å²) >= 11 is 1.30. The van der Waals surface area contributed by atoms with Crippen molar-refractivity contribution < 1.29 is 23.6 Å². The summed E-state index contributed by atoms with van der Waals surface area (Å²) in [5, 5.41) is 21.8. The molecule has 0 heterocycles. The quantitative estimate of drug-likeness (QED) is 0.615. The van der Waals surface area contributed by atoms with Gasteiger partial charge in [0.25, 0.3) is 5.91 Å². The number of nitrogens with one attached hydrogen (secondary N) is 1. The Morgan fingerprint density at radius 1 is 1.48 bits per heavy atom. The Labute approximate surface area is 123 Å². The average Bonchev–Trinajstić information content (AvgIpc) is 2.39. The van der Waals surface area contributed by atoms with E-state index in [2.05, 4.69) is 5.32 Å². The van der Waals surface area contributed by atoms with Gasteiger partial charge in [-0.25, -0.2) is 4.39 Å². The molecule has 6 nitrogen and oxygen atoms in total. The molecule has 0 bridgehead atoms. The minimum absolute atomic E-state index is 0.200. The molecule has 9 heteroatoms. The van der Waals surface area contributed by atoms with Crippen LogP contribution >= 0.6 is 11.8 Å². The van der Waals surface area contributed by atoms with Gasteiger partial charge in [0.15, 0.2) is 0 Å². The van der Waals surface area contributed by atoms with Crippen molar-refractivity contribution >= 4 is 23.4 Å². The maximum Gasteiger partial charge on any atom is 0.305 e. The molecular weight excluding hydrogens is 306 g/mol. The summed E-state index contributed by atoms with van der Waals surface area (Å²) < 4.78 is 26.8. The smallest absolute Gasteiger partial charge is 0.305 e. The molecule has 0 aliphatic heterocycles. The highest BCUT2D eigenvalue weighted by molar-refractivity contribution is 7.99. The highest BCUT2D eigenvalue weighted by Crippen LogP contribution is 2.22. The third-order valence-corrected chi connectivity index (χ3v) is 4.04. The molecule has 1 amide bonds. The molecular formula is C12H14F2N2O4S. The van der Waals surface area contributed by atoms with Crippen LogP contribution < -0.4 is 5.32 Å². The fraction of sp³-hybridized carbons (Fsp3) is 0.417. The van der Waals surface area contributed by atoms with Crippen LogP contribution in [0.4, 0.5) is 14.5 Å². The molecule has 1 aromatic carbocycles. The molecule has 0 fully saturated rings. The molecule has 1 aromatic rings. The van der Waals surface area contributed by atoms with Crippen molar-refractivity contribution in [2.24, 2.45) is 0 Å². The number of thioether (sulfide) groups is 1. The largest absolute Gasteiger partial charge is 0.395 e. The number of carbonyl (C=O) groups is 1. The number of benzene rings is 1. The molecule has 1 rings (SSSR count). The van der Waals surface area contributed by atoms with Gasteiger partial charge in [-0.2, -0.15) is 16.2 Å². The monoisotopic (exact) mass is 320 g/mol. The Bertz CT molecular complexity index is 552. The molecule has 0 saturated carbocycles. The van der Waals surface area contributed by atoms with Crippen molar-refractivity contribution in [3.63, 3.8) is 0 Å². The topological polar surface area (TPSA) is 92.5 Å². The van der Waals surface area contributed by atoms with Crippen molar-refractivity contribution in [2.45, 2.75) is 18.2 Å². The van der Waals surface area contributed by atoms with Gasteiger partial charge in [-0.3, -0.25) is 14.9 Å². The summed E-state index contributed by atoms with van der Waals surface area (Å²) in [6, 6.07) is 0.358. The standard InChI is InChI=1S/C12H14F2N2O4S/c1-6(11(5-17)21-2)15-12(18)7-3-10(16(19)20)9(14)4-8(7)13/h3-4,6,11,17H,5H2,1-2H3,(H,15,18). The van der Waals surface area contributed by atoms with Gasteiger partial charge in [-0.15, -0.1) is 0 Å². The molecule has 21 heavy (non-hydrogen) atoms. The number of halogens is 2. The summed E-state index contributed by atoms with van der Waals surface area (Å²) in [6.07, 6.45) is 1.73. The van der Waals surface area contributed by atoms with Gasteiger partial charge in [-0.1, -0.05) is 0 Å². The lowest BCUT2D eigenvalue weighted by atomic mass is 10.1. The van der Waals surface area contributed by atoms with Gasteiger partial charge in [-0.05, 0) is 13.2 Å². The van der Waals surface area contributed by atoms with E-state index >= 15 is 0 Å². The zero-order chi connectivity index (χ0) is 16.2. The maximum absolute atomic E-state index is 13.6. The molecule has 0 radical (unpaired) electrons. The number of hydrogen-bond donors (Lipinski definition) is 2. The Hall–Kier alpha value is -1.74. The summed E-state index contributed by atoms with van der Waals surface area (Å²) in [7, 11) is 0. The Morgan fingerprint density at radius 3 is 2.57 bits per heavy atom. The number of amides is 1. The summed E-state index contributed by atoms with van der Waals surface area (Å²) in [6.45, 7) is 1.40. The number of nitro benzene ring substituents is 1. The van der Waals surface area contributed by atoms with Crippen LogP contribution in [0.2, 0.25) is 0 Å². The van der Waals surface area contributed by atoms with E-state index in [-0.39, 0.29) is 11.9 Å². The van der Waals surface area contributed by atoms with Crippen LogP contribution in [0, 0.1) is 21.7 Å². The van der Waals surface area contributed by atoms with E-state index in [9.17, 15) is 23.7 Å². The van der Waals surface area contributed by atoms with E-state index in [1.807, 2.05) is 0 Å². The van der Waals surface area contributed by atoms with Crippen LogP contribution in [-0.4, -0.2) is 40.1 Å². The lowest BCUT2D eigenvalue weighted by Gasteiger charge is -2.21. The normalized spacial score (nSPS) is 13.6. The van der Waals surface area contributed by atoms with Crippen molar-refractivity contribution in [1.82, 2.24) is 5.32 Å². The molecule has 0 aliphatic rings. The third kappa shape index (κ3) is 4.11. The van der Waals surface area contributed by atoms with Gasteiger partial charge in [0.1, 0.15) is 5.82 Å². The minimum Gasteiger partial charge on any atom is -0.395 e. The molecule has 2 unspecified atom stereocenters. The molecule has 116 valence electrons. The van der Waals surface area contributed by atoms with Gasteiger partial charge in [0.05, 0.1) is 17.1 Å². The summed E-state index contributed by atoms with van der Waals surface area (Å²) in [5.74, 6) is -3.44. The first-order valence-corrected chi connectivity index (χ1v) is 7.18. The molecule has 2 atom stereocenters. The van der Waals surface area contributed by atoms with Gasteiger partial charge >= 0.3 is 5.69 Å². The Kier molecular flexibility index (Phi) is 6.03. The predicted molar refractivity (Wildman–Crippen MR) is 74.3 cm³/mol. The van der Waals surface area contributed by atoms with Gasteiger partial charge in [0.2, 0.25) is 5.82 Å². The second kappa shape index (κ2) is 7.32. The lowest BCUT2D eigenvalue weighted by molar-refractivity contribution is -0.387. The second-order valence-electron chi connectivity index (χ2n) is 4.26. The van der Waals surface area contributed by atoms with Crippen LogP contribution in [0.1, 0.15) is 17.3 Å². The predicted octanol–water partition coefficient (Wildman–Crippen LogP) is 1.72. The first kappa shape index (κ1) is 17.3. The van der Waals surface area contributed by atoms with Crippen molar-refractivity contribution in [3.8, 4) is 0 Å². The molecule has 0 saturated heterocycles. The SMILES string of the molecule is CSC(CO)C(C)NC(=O)c1cc([N+](=O)[O-])c(F)cc1F. The minimum atomic E-state index is -1.35. The fourth-order valence-electron chi connectivity index (χ4n) is 1.67. The number of aliphatic hydroxyl groups is 1. The molecule has 0 aliphatic carbocycles. The number of hydrogen-bond acceptors (Lipinski definition) is 5. The first-order chi connectivity index (χ1) is 9.81. The van der Waals surface area contributed by atoms with E-state index in [1.165, 1.54) is 11.8 Å². The van der Waals surface area contributed by atoms with Crippen molar-refractivity contribution in [1.29, 1.82) is 0 Å². The molecule has 0 aromatic heterocycles. The highest BCUT2D eigenvalue weighted by Gasteiger charge is 2.24. The van der Waals surface area contributed by atoms with Crippen molar-refractivity contribution in [3.05, 3.63) is 39.4 Å². The van der Waals surface area contributed by atoms with E-state index < -0.39 is 39.8 Å².